The van der Waals surface area contributed by atoms with Gasteiger partial charge in [0.25, 0.3) is 0 Å². The first-order valence-electron chi connectivity index (χ1n) is 8.38. The number of ether oxygens (including phenoxy) is 3. The molecule has 0 heterocycles. The van der Waals surface area contributed by atoms with Crippen molar-refractivity contribution in [3.05, 3.63) is 47.5 Å². The second kappa shape index (κ2) is 8.93. The summed E-state index contributed by atoms with van der Waals surface area (Å²) < 4.78 is 15.7. The number of aryl methyl sites for hydroxylation is 1. The van der Waals surface area contributed by atoms with E-state index in [-0.39, 0.29) is 0 Å². The molecule has 0 saturated heterocycles. The lowest BCUT2D eigenvalue weighted by molar-refractivity contribution is -0.136. The molecular weight excluding hydrogens is 348 g/mol. The van der Waals surface area contributed by atoms with Gasteiger partial charge in [-0.1, -0.05) is 12.1 Å². The molecule has 1 atom stereocenters. The molecule has 1 unspecified atom stereocenters. The molecular formula is C20H24N2O5. The number of carbonyl (C=O) groups is 2. The summed E-state index contributed by atoms with van der Waals surface area (Å²) >= 11 is 0. The van der Waals surface area contributed by atoms with Crippen LogP contribution in [-0.2, 0) is 9.59 Å². The highest BCUT2D eigenvalue weighted by molar-refractivity contribution is 6.39. The highest BCUT2D eigenvalue weighted by Crippen LogP contribution is 2.30. The van der Waals surface area contributed by atoms with Gasteiger partial charge in [-0.15, -0.1) is 0 Å². The Balaban J connectivity index is 2.08. The van der Waals surface area contributed by atoms with E-state index in [1.165, 1.54) is 14.2 Å². The van der Waals surface area contributed by atoms with Crippen LogP contribution < -0.4 is 24.8 Å². The number of benzene rings is 2. The van der Waals surface area contributed by atoms with Crippen molar-refractivity contribution in [1.29, 1.82) is 0 Å². The average Bonchev–Trinajstić information content (AvgIpc) is 2.67. The third-order valence-corrected chi connectivity index (χ3v) is 4.06. The van der Waals surface area contributed by atoms with Gasteiger partial charge in [0.2, 0.25) is 0 Å². The molecule has 144 valence electrons. The summed E-state index contributed by atoms with van der Waals surface area (Å²) in [4.78, 5) is 24.5. The Morgan fingerprint density at radius 1 is 0.852 bits per heavy atom. The quantitative estimate of drug-likeness (QED) is 0.762. The van der Waals surface area contributed by atoms with E-state index in [2.05, 4.69) is 10.6 Å². The first kappa shape index (κ1) is 20.1. The zero-order chi connectivity index (χ0) is 20.0. The molecule has 0 aliphatic rings. The van der Waals surface area contributed by atoms with E-state index in [1.807, 2.05) is 13.0 Å². The Labute approximate surface area is 158 Å². The standard InChI is InChI=1S/C20H24N2O5/c1-12-6-8-16(25-3)15(10-12)22-20(24)19(23)21-13(2)14-7-9-17(26-4)18(11-14)27-5/h6-11,13H,1-5H3,(H,21,23)(H,22,24). The van der Waals surface area contributed by atoms with Gasteiger partial charge in [0.1, 0.15) is 5.75 Å². The molecule has 7 heteroatoms. The lowest BCUT2D eigenvalue weighted by Gasteiger charge is -2.17. The van der Waals surface area contributed by atoms with Crippen LogP contribution in [0.5, 0.6) is 17.2 Å². The number of methoxy groups -OCH3 is 3. The number of nitrogens with one attached hydrogen (secondary N) is 2. The minimum absolute atomic E-state index is 0.400. The molecule has 2 rings (SSSR count). The van der Waals surface area contributed by atoms with Crippen molar-refractivity contribution in [2.75, 3.05) is 26.6 Å². The summed E-state index contributed by atoms with van der Waals surface area (Å²) in [6, 6.07) is 10.2. The molecule has 0 saturated carbocycles. The third kappa shape index (κ3) is 4.91. The summed E-state index contributed by atoms with van der Waals surface area (Å²) in [5.41, 5.74) is 2.16. The van der Waals surface area contributed by atoms with Gasteiger partial charge in [0.15, 0.2) is 11.5 Å². The maximum absolute atomic E-state index is 12.3. The van der Waals surface area contributed by atoms with Gasteiger partial charge in [-0.05, 0) is 49.2 Å². The summed E-state index contributed by atoms with van der Waals surface area (Å²) in [7, 11) is 4.58. The fourth-order valence-electron chi connectivity index (χ4n) is 2.57. The second-order valence-electron chi connectivity index (χ2n) is 5.97. The summed E-state index contributed by atoms with van der Waals surface area (Å²) in [5.74, 6) is 0.0934. The fraction of sp³-hybridized carbons (Fsp3) is 0.300. The van der Waals surface area contributed by atoms with Crippen LogP contribution in [0.3, 0.4) is 0 Å². The Morgan fingerprint density at radius 3 is 2.11 bits per heavy atom. The highest BCUT2D eigenvalue weighted by atomic mass is 16.5. The van der Waals surface area contributed by atoms with Crippen molar-refractivity contribution in [3.8, 4) is 17.2 Å². The van der Waals surface area contributed by atoms with E-state index >= 15 is 0 Å². The maximum Gasteiger partial charge on any atom is 0.313 e. The zero-order valence-electron chi connectivity index (χ0n) is 16.1. The lowest BCUT2D eigenvalue weighted by Crippen LogP contribution is -2.37. The molecule has 0 radical (unpaired) electrons. The number of hydrogen-bond acceptors (Lipinski definition) is 5. The van der Waals surface area contributed by atoms with E-state index in [0.29, 0.717) is 22.9 Å². The van der Waals surface area contributed by atoms with Crippen molar-refractivity contribution >= 4 is 17.5 Å². The number of rotatable bonds is 6. The van der Waals surface area contributed by atoms with Crippen molar-refractivity contribution < 1.29 is 23.8 Å². The Morgan fingerprint density at radius 2 is 1.48 bits per heavy atom. The van der Waals surface area contributed by atoms with Crippen molar-refractivity contribution in [3.63, 3.8) is 0 Å². The maximum atomic E-state index is 12.3. The fourth-order valence-corrected chi connectivity index (χ4v) is 2.57. The minimum Gasteiger partial charge on any atom is -0.495 e. The second-order valence-corrected chi connectivity index (χ2v) is 5.97. The molecule has 0 spiro atoms. The summed E-state index contributed by atoms with van der Waals surface area (Å²) in [5, 5.41) is 5.25. The van der Waals surface area contributed by atoms with Crippen LogP contribution in [0.4, 0.5) is 5.69 Å². The molecule has 7 nitrogen and oxygen atoms in total. The Bertz CT molecular complexity index is 835. The number of hydrogen-bond donors (Lipinski definition) is 2. The van der Waals surface area contributed by atoms with Crippen molar-refractivity contribution in [1.82, 2.24) is 5.32 Å². The van der Waals surface area contributed by atoms with Crippen LogP contribution in [0.2, 0.25) is 0 Å². The smallest absolute Gasteiger partial charge is 0.313 e. The van der Waals surface area contributed by atoms with E-state index in [4.69, 9.17) is 14.2 Å². The predicted molar refractivity (Wildman–Crippen MR) is 102 cm³/mol. The van der Waals surface area contributed by atoms with E-state index in [1.54, 1.807) is 44.4 Å². The molecule has 0 aliphatic heterocycles. The predicted octanol–water partition coefficient (Wildman–Crippen LogP) is 2.84. The molecule has 2 amide bonds. The zero-order valence-corrected chi connectivity index (χ0v) is 16.1. The molecule has 2 N–H and O–H groups in total. The summed E-state index contributed by atoms with van der Waals surface area (Å²) in [6.45, 7) is 3.66. The molecule has 0 fully saturated rings. The average molecular weight is 372 g/mol. The SMILES string of the molecule is COc1ccc(C)cc1NC(=O)C(=O)NC(C)c1ccc(OC)c(OC)c1. The van der Waals surface area contributed by atoms with Gasteiger partial charge in [-0.3, -0.25) is 9.59 Å². The number of anilines is 1. The molecule has 0 aromatic heterocycles. The van der Waals surface area contributed by atoms with E-state index < -0.39 is 17.9 Å². The summed E-state index contributed by atoms with van der Waals surface area (Å²) in [6.07, 6.45) is 0. The van der Waals surface area contributed by atoms with Gasteiger partial charge >= 0.3 is 11.8 Å². The van der Waals surface area contributed by atoms with Crippen LogP contribution in [0.25, 0.3) is 0 Å². The van der Waals surface area contributed by atoms with Gasteiger partial charge in [-0.2, -0.15) is 0 Å². The highest BCUT2D eigenvalue weighted by Gasteiger charge is 2.19. The van der Waals surface area contributed by atoms with E-state index in [0.717, 1.165) is 11.1 Å². The largest absolute Gasteiger partial charge is 0.495 e. The first-order valence-corrected chi connectivity index (χ1v) is 8.38. The number of carbonyl (C=O) groups excluding carboxylic acids is 2. The Kier molecular flexibility index (Phi) is 6.65. The minimum atomic E-state index is -0.772. The van der Waals surface area contributed by atoms with Crippen LogP contribution >= 0.6 is 0 Å². The van der Waals surface area contributed by atoms with Gasteiger partial charge < -0.3 is 24.8 Å². The van der Waals surface area contributed by atoms with Crippen LogP contribution in [0, 0.1) is 6.92 Å². The van der Waals surface area contributed by atoms with Crippen molar-refractivity contribution in [2.45, 2.75) is 19.9 Å². The monoisotopic (exact) mass is 372 g/mol. The van der Waals surface area contributed by atoms with Crippen LogP contribution in [-0.4, -0.2) is 33.1 Å². The third-order valence-electron chi connectivity index (χ3n) is 4.06. The van der Waals surface area contributed by atoms with Gasteiger partial charge in [-0.25, -0.2) is 0 Å². The van der Waals surface area contributed by atoms with Crippen molar-refractivity contribution in [2.24, 2.45) is 0 Å². The normalized spacial score (nSPS) is 11.3. The van der Waals surface area contributed by atoms with Crippen LogP contribution in [0.15, 0.2) is 36.4 Å². The molecule has 0 aliphatic carbocycles. The van der Waals surface area contributed by atoms with Gasteiger partial charge in [0, 0.05) is 0 Å². The van der Waals surface area contributed by atoms with E-state index in [9.17, 15) is 9.59 Å². The molecule has 27 heavy (non-hydrogen) atoms. The first-order chi connectivity index (χ1) is 12.9. The molecule has 2 aromatic carbocycles. The molecule has 2 aromatic rings. The Hall–Kier alpha value is -3.22. The van der Waals surface area contributed by atoms with Crippen LogP contribution in [0.1, 0.15) is 24.1 Å². The lowest BCUT2D eigenvalue weighted by atomic mass is 10.1. The number of amides is 2. The van der Waals surface area contributed by atoms with Gasteiger partial charge in [0.05, 0.1) is 33.1 Å². The topological polar surface area (TPSA) is 85.9 Å². The molecule has 0 bridgehead atoms.